The standard InChI is InChI=1S/C13H12BrN3O3S/c14-11-5-12(8-16-7-11)21(19,20)17-6-9-2-1-3-10(4-9)13(15)18/h1-5,7-8,17H,6H2,(H2,15,18). The Hall–Kier alpha value is -1.77. The third-order valence-electron chi connectivity index (χ3n) is 2.67. The van der Waals surface area contributed by atoms with Crippen molar-refractivity contribution in [1.82, 2.24) is 9.71 Å². The molecule has 0 unspecified atom stereocenters. The third kappa shape index (κ3) is 4.10. The Labute approximate surface area is 130 Å². The number of nitrogens with one attached hydrogen (secondary N) is 1. The zero-order valence-electron chi connectivity index (χ0n) is 10.8. The van der Waals surface area contributed by atoms with Crippen LogP contribution in [0.4, 0.5) is 0 Å². The molecular weight excluding hydrogens is 358 g/mol. The highest BCUT2D eigenvalue weighted by atomic mass is 79.9. The predicted molar refractivity (Wildman–Crippen MR) is 80.9 cm³/mol. The van der Waals surface area contributed by atoms with Crippen molar-refractivity contribution < 1.29 is 13.2 Å². The van der Waals surface area contributed by atoms with Crippen LogP contribution in [0.1, 0.15) is 15.9 Å². The van der Waals surface area contributed by atoms with Crippen LogP contribution in [0.25, 0.3) is 0 Å². The van der Waals surface area contributed by atoms with Gasteiger partial charge in [0.1, 0.15) is 4.90 Å². The molecule has 0 saturated carbocycles. The summed E-state index contributed by atoms with van der Waals surface area (Å²) < 4.78 is 27.2. The summed E-state index contributed by atoms with van der Waals surface area (Å²) in [5, 5.41) is 0. The summed E-state index contributed by atoms with van der Waals surface area (Å²) in [6.45, 7) is 0.0516. The number of aromatic nitrogens is 1. The number of nitrogens with zero attached hydrogens (tertiary/aromatic N) is 1. The molecule has 1 aromatic carbocycles. The van der Waals surface area contributed by atoms with Gasteiger partial charge in [-0.25, -0.2) is 13.1 Å². The number of benzene rings is 1. The largest absolute Gasteiger partial charge is 0.366 e. The molecule has 0 aliphatic rings. The van der Waals surface area contributed by atoms with Crippen LogP contribution in [0.5, 0.6) is 0 Å². The SMILES string of the molecule is NC(=O)c1cccc(CNS(=O)(=O)c2cncc(Br)c2)c1. The summed E-state index contributed by atoms with van der Waals surface area (Å²) in [5.41, 5.74) is 6.15. The molecule has 21 heavy (non-hydrogen) atoms. The molecule has 0 fully saturated rings. The Morgan fingerprint density at radius 3 is 2.71 bits per heavy atom. The first-order valence-corrected chi connectivity index (χ1v) is 8.15. The number of halogens is 1. The highest BCUT2D eigenvalue weighted by molar-refractivity contribution is 9.10. The maximum absolute atomic E-state index is 12.1. The predicted octanol–water partition coefficient (Wildman–Crippen LogP) is 1.42. The number of primary amides is 1. The number of sulfonamides is 1. The molecule has 3 N–H and O–H groups in total. The van der Waals surface area contributed by atoms with Crippen molar-refractivity contribution in [3.05, 3.63) is 58.3 Å². The average molecular weight is 370 g/mol. The van der Waals surface area contributed by atoms with Gasteiger partial charge in [0.05, 0.1) is 0 Å². The fourth-order valence-corrected chi connectivity index (χ4v) is 3.16. The number of hydrogen-bond donors (Lipinski definition) is 2. The smallest absolute Gasteiger partial charge is 0.248 e. The summed E-state index contributed by atoms with van der Waals surface area (Å²) >= 11 is 3.17. The lowest BCUT2D eigenvalue weighted by molar-refractivity contribution is 0.1000. The molecule has 0 radical (unpaired) electrons. The minimum absolute atomic E-state index is 0.0516. The number of carbonyl (C=O) groups is 1. The van der Waals surface area contributed by atoms with Crippen molar-refractivity contribution in [2.45, 2.75) is 11.4 Å². The van der Waals surface area contributed by atoms with Gasteiger partial charge in [0, 0.05) is 29.0 Å². The molecule has 0 aliphatic carbocycles. The van der Waals surface area contributed by atoms with Gasteiger partial charge in [-0.2, -0.15) is 0 Å². The molecule has 0 atom stereocenters. The lowest BCUT2D eigenvalue weighted by atomic mass is 10.1. The van der Waals surface area contributed by atoms with Crippen molar-refractivity contribution in [1.29, 1.82) is 0 Å². The molecule has 0 saturated heterocycles. The normalized spacial score (nSPS) is 11.3. The summed E-state index contributed by atoms with van der Waals surface area (Å²) in [4.78, 5) is 15.0. The van der Waals surface area contributed by atoms with Gasteiger partial charge in [0.15, 0.2) is 0 Å². The molecule has 2 rings (SSSR count). The van der Waals surface area contributed by atoms with Gasteiger partial charge >= 0.3 is 0 Å². The Bertz CT molecular complexity index is 778. The molecule has 6 nitrogen and oxygen atoms in total. The highest BCUT2D eigenvalue weighted by Crippen LogP contribution is 2.14. The van der Waals surface area contributed by atoms with E-state index in [0.717, 1.165) is 0 Å². The van der Waals surface area contributed by atoms with Crippen molar-refractivity contribution in [2.75, 3.05) is 0 Å². The van der Waals surface area contributed by atoms with Crippen LogP contribution in [0.15, 0.2) is 52.1 Å². The second-order valence-corrected chi connectivity index (χ2v) is 6.91. The molecule has 0 aliphatic heterocycles. The summed E-state index contributed by atoms with van der Waals surface area (Å²) in [6, 6.07) is 7.91. The zero-order chi connectivity index (χ0) is 15.5. The number of hydrogen-bond acceptors (Lipinski definition) is 4. The summed E-state index contributed by atoms with van der Waals surface area (Å²) in [5.74, 6) is -0.559. The molecule has 0 spiro atoms. The van der Waals surface area contributed by atoms with Gasteiger partial charge < -0.3 is 5.73 Å². The van der Waals surface area contributed by atoms with Gasteiger partial charge in [-0.15, -0.1) is 0 Å². The second kappa shape index (κ2) is 6.33. The maximum Gasteiger partial charge on any atom is 0.248 e. The number of nitrogens with two attached hydrogens (primary N) is 1. The van der Waals surface area contributed by atoms with E-state index in [9.17, 15) is 13.2 Å². The van der Waals surface area contributed by atoms with Crippen LogP contribution < -0.4 is 10.5 Å². The van der Waals surface area contributed by atoms with Crippen LogP contribution in [-0.4, -0.2) is 19.3 Å². The Morgan fingerprint density at radius 1 is 1.29 bits per heavy atom. The average Bonchev–Trinajstić information content (AvgIpc) is 2.45. The second-order valence-electron chi connectivity index (χ2n) is 4.23. The Balaban J connectivity index is 2.15. The van der Waals surface area contributed by atoms with E-state index in [1.165, 1.54) is 18.5 Å². The van der Waals surface area contributed by atoms with Crippen LogP contribution in [0.3, 0.4) is 0 Å². The van der Waals surface area contributed by atoms with E-state index in [1.807, 2.05) is 0 Å². The number of amides is 1. The van der Waals surface area contributed by atoms with E-state index < -0.39 is 15.9 Å². The van der Waals surface area contributed by atoms with Crippen molar-refractivity contribution in [3.63, 3.8) is 0 Å². The van der Waals surface area contributed by atoms with E-state index >= 15 is 0 Å². The van der Waals surface area contributed by atoms with E-state index in [4.69, 9.17) is 5.73 Å². The molecule has 1 heterocycles. The first-order valence-electron chi connectivity index (χ1n) is 5.87. The minimum Gasteiger partial charge on any atom is -0.366 e. The van der Waals surface area contributed by atoms with Crippen LogP contribution in [0.2, 0.25) is 0 Å². The first-order chi connectivity index (χ1) is 9.88. The first kappa shape index (κ1) is 15.6. The number of rotatable bonds is 5. The lowest BCUT2D eigenvalue weighted by Crippen LogP contribution is -2.23. The van der Waals surface area contributed by atoms with Crippen LogP contribution >= 0.6 is 15.9 Å². The number of pyridine rings is 1. The zero-order valence-corrected chi connectivity index (χ0v) is 13.2. The van der Waals surface area contributed by atoms with Crippen LogP contribution in [-0.2, 0) is 16.6 Å². The van der Waals surface area contributed by atoms with Crippen LogP contribution in [0, 0.1) is 0 Å². The number of carbonyl (C=O) groups excluding carboxylic acids is 1. The minimum atomic E-state index is -3.67. The molecule has 0 bridgehead atoms. The van der Waals surface area contributed by atoms with E-state index in [-0.39, 0.29) is 11.4 Å². The van der Waals surface area contributed by atoms with E-state index in [2.05, 4.69) is 25.6 Å². The fourth-order valence-electron chi connectivity index (χ4n) is 1.64. The molecule has 8 heteroatoms. The third-order valence-corrected chi connectivity index (χ3v) is 4.47. The van der Waals surface area contributed by atoms with Gasteiger partial charge in [0.2, 0.25) is 15.9 Å². The van der Waals surface area contributed by atoms with Crippen molar-refractivity contribution in [3.8, 4) is 0 Å². The summed E-state index contributed by atoms with van der Waals surface area (Å²) in [6.07, 6.45) is 2.75. The molecule has 1 aromatic heterocycles. The molecular formula is C13H12BrN3O3S. The quantitative estimate of drug-likeness (QED) is 0.831. The van der Waals surface area contributed by atoms with E-state index in [0.29, 0.717) is 15.6 Å². The fraction of sp³-hybridized carbons (Fsp3) is 0.0769. The molecule has 2 aromatic rings. The van der Waals surface area contributed by atoms with Crippen molar-refractivity contribution in [2.24, 2.45) is 5.73 Å². The lowest BCUT2D eigenvalue weighted by Gasteiger charge is -2.07. The van der Waals surface area contributed by atoms with E-state index in [1.54, 1.807) is 24.3 Å². The van der Waals surface area contributed by atoms with Gasteiger partial charge in [-0.05, 0) is 39.7 Å². The maximum atomic E-state index is 12.1. The molecule has 110 valence electrons. The van der Waals surface area contributed by atoms with Gasteiger partial charge in [0.25, 0.3) is 0 Å². The Kier molecular flexibility index (Phi) is 4.71. The Morgan fingerprint density at radius 2 is 2.05 bits per heavy atom. The highest BCUT2D eigenvalue weighted by Gasteiger charge is 2.14. The van der Waals surface area contributed by atoms with Gasteiger partial charge in [-0.1, -0.05) is 12.1 Å². The monoisotopic (exact) mass is 369 g/mol. The summed E-state index contributed by atoms with van der Waals surface area (Å²) in [7, 11) is -3.67. The topological polar surface area (TPSA) is 102 Å². The molecule has 1 amide bonds. The van der Waals surface area contributed by atoms with Gasteiger partial charge in [-0.3, -0.25) is 9.78 Å². The van der Waals surface area contributed by atoms with Crippen molar-refractivity contribution >= 4 is 31.9 Å².